The molecule has 0 fully saturated rings. The van der Waals surface area contributed by atoms with Crippen molar-refractivity contribution in [3.05, 3.63) is 34.3 Å². The zero-order valence-corrected chi connectivity index (χ0v) is 19.4. The molecule has 0 aromatic heterocycles. The first-order chi connectivity index (χ1) is 14.1. The number of carboxylic acids is 1. The van der Waals surface area contributed by atoms with Crippen LogP contribution in [0.15, 0.2) is 18.2 Å². The largest absolute Gasteiger partial charge is 0.481 e. The van der Waals surface area contributed by atoms with Gasteiger partial charge in [-0.2, -0.15) is 0 Å². The highest BCUT2D eigenvalue weighted by atomic mass is 35.5. The van der Waals surface area contributed by atoms with Crippen LogP contribution >= 0.6 is 11.6 Å². The number of halogens is 1. The molecule has 1 aromatic rings. The number of carbonyl (C=O) groups is 1. The van der Waals surface area contributed by atoms with Gasteiger partial charge in [0.25, 0.3) is 0 Å². The highest BCUT2D eigenvalue weighted by Crippen LogP contribution is 2.20. The molecule has 0 saturated carbocycles. The quantitative estimate of drug-likeness (QED) is 0.226. The van der Waals surface area contributed by atoms with Crippen molar-refractivity contribution in [1.29, 1.82) is 0 Å². The standard InChI is InChI=1S/C26H43ClO2/c1-2-3-4-5-6-7-8-9-10-11-12-13-14-15-16-17-18-23-21-25(27)20-19-24(23)22-26(28)29/h19-21H,2-18,22H2,1H3,(H,28,29). The van der Waals surface area contributed by atoms with E-state index in [1.54, 1.807) is 6.07 Å². The summed E-state index contributed by atoms with van der Waals surface area (Å²) >= 11 is 6.08. The Bertz CT molecular complexity index is 542. The number of rotatable bonds is 19. The van der Waals surface area contributed by atoms with Crippen molar-refractivity contribution in [1.82, 2.24) is 0 Å². The van der Waals surface area contributed by atoms with E-state index in [0.29, 0.717) is 5.02 Å². The number of aliphatic carboxylic acids is 1. The van der Waals surface area contributed by atoms with Gasteiger partial charge in [0, 0.05) is 5.02 Å². The Labute approximate surface area is 184 Å². The number of hydrogen-bond acceptors (Lipinski definition) is 1. The lowest BCUT2D eigenvalue weighted by atomic mass is 9.98. The molecule has 2 nitrogen and oxygen atoms in total. The lowest BCUT2D eigenvalue weighted by Gasteiger charge is -2.09. The predicted molar refractivity (Wildman–Crippen MR) is 126 cm³/mol. The average molecular weight is 423 g/mol. The second-order valence-electron chi connectivity index (χ2n) is 8.54. The first-order valence-corrected chi connectivity index (χ1v) is 12.5. The van der Waals surface area contributed by atoms with Gasteiger partial charge in [-0.1, -0.05) is 121 Å². The summed E-state index contributed by atoms with van der Waals surface area (Å²) in [4.78, 5) is 11.0. The number of carboxylic acid groups (broad SMARTS) is 1. The molecule has 0 atom stereocenters. The third-order valence-corrected chi connectivity index (χ3v) is 6.04. The topological polar surface area (TPSA) is 37.3 Å². The van der Waals surface area contributed by atoms with Gasteiger partial charge in [-0.25, -0.2) is 0 Å². The first-order valence-electron chi connectivity index (χ1n) is 12.1. The minimum absolute atomic E-state index is 0.0887. The molecule has 0 amide bonds. The molecule has 166 valence electrons. The fourth-order valence-corrected chi connectivity index (χ4v) is 4.22. The Kier molecular flexibility index (Phi) is 16.0. The Morgan fingerprint density at radius 3 is 1.62 bits per heavy atom. The van der Waals surface area contributed by atoms with Crippen LogP contribution in [0, 0.1) is 0 Å². The molecule has 0 unspecified atom stereocenters. The summed E-state index contributed by atoms with van der Waals surface area (Å²) in [5.41, 5.74) is 2.01. The third kappa shape index (κ3) is 14.6. The van der Waals surface area contributed by atoms with Gasteiger partial charge in [-0.15, -0.1) is 0 Å². The maximum absolute atomic E-state index is 11.0. The first kappa shape index (κ1) is 26.0. The van der Waals surface area contributed by atoms with E-state index in [9.17, 15) is 4.79 Å². The van der Waals surface area contributed by atoms with Gasteiger partial charge < -0.3 is 5.11 Å². The van der Waals surface area contributed by atoms with Crippen LogP contribution in [0.5, 0.6) is 0 Å². The SMILES string of the molecule is CCCCCCCCCCCCCCCCCCc1cc(Cl)ccc1CC(=O)O. The van der Waals surface area contributed by atoms with Crippen LogP contribution in [0.3, 0.4) is 0 Å². The number of unbranched alkanes of at least 4 members (excludes halogenated alkanes) is 15. The molecule has 1 rings (SSSR count). The van der Waals surface area contributed by atoms with Crippen LogP contribution in [-0.4, -0.2) is 11.1 Å². The molecule has 0 heterocycles. The van der Waals surface area contributed by atoms with Crippen molar-refractivity contribution in [3.63, 3.8) is 0 Å². The molecule has 1 N–H and O–H groups in total. The van der Waals surface area contributed by atoms with E-state index >= 15 is 0 Å². The number of aryl methyl sites for hydroxylation is 1. The minimum atomic E-state index is -0.777. The van der Waals surface area contributed by atoms with Crippen molar-refractivity contribution in [3.8, 4) is 0 Å². The van der Waals surface area contributed by atoms with Crippen LogP contribution in [0.1, 0.15) is 121 Å². The monoisotopic (exact) mass is 422 g/mol. The van der Waals surface area contributed by atoms with Crippen molar-refractivity contribution < 1.29 is 9.90 Å². The maximum Gasteiger partial charge on any atom is 0.307 e. The Morgan fingerprint density at radius 2 is 1.17 bits per heavy atom. The van der Waals surface area contributed by atoms with Crippen LogP contribution in [0.2, 0.25) is 5.02 Å². The molecule has 0 aliphatic heterocycles. The van der Waals surface area contributed by atoms with Gasteiger partial charge in [0.1, 0.15) is 0 Å². The van der Waals surface area contributed by atoms with E-state index in [1.165, 1.54) is 96.3 Å². The lowest BCUT2D eigenvalue weighted by Crippen LogP contribution is -2.03. The van der Waals surface area contributed by atoms with Crippen molar-refractivity contribution in [2.24, 2.45) is 0 Å². The molecule has 0 radical (unpaired) electrons. The molecule has 3 heteroatoms. The van der Waals surface area contributed by atoms with Gasteiger partial charge in [0.2, 0.25) is 0 Å². The van der Waals surface area contributed by atoms with Crippen molar-refractivity contribution >= 4 is 17.6 Å². The summed E-state index contributed by atoms with van der Waals surface area (Å²) in [5, 5.41) is 9.74. The maximum atomic E-state index is 11.0. The molecule has 0 spiro atoms. The Morgan fingerprint density at radius 1 is 0.724 bits per heavy atom. The zero-order valence-electron chi connectivity index (χ0n) is 18.7. The fourth-order valence-electron chi connectivity index (χ4n) is 4.03. The van der Waals surface area contributed by atoms with Gasteiger partial charge in [0.15, 0.2) is 0 Å². The van der Waals surface area contributed by atoms with Gasteiger partial charge in [-0.3, -0.25) is 4.79 Å². The van der Waals surface area contributed by atoms with Gasteiger partial charge >= 0.3 is 5.97 Å². The molecule has 1 aromatic carbocycles. The molecular formula is C26H43ClO2. The van der Waals surface area contributed by atoms with Gasteiger partial charge in [-0.05, 0) is 36.1 Å². The second-order valence-corrected chi connectivity index (χ2v) is 8.97. The van der Waals surface area contributed by atoms with E-state index in [2.05, 4.69) is 6.92 Å². The highest BCUT2D eigenvalue weighted by Gasteiger charge is 2.07. The van der Waals surface area contributed by atoms with Crippen molar-refractivity contribution in [2.75, 3.05) is 0 Å². The lowest BCUT2D eigenvalue weighted by molar-refractivity contribution is -0.136. The highest BCUT2D eigenvalue weighted by molar-refractivity contribution is 6.30. The van der Waals surface area contributed by atoms with E-state index < -0.39 is 5.97 Å². The summed E-state index contributed by atoms with van der Waals surface area (Å²) in [5.74, 6) is -0.777. The Hall–Kier alpha value is -1.02. The summed E-state index contributed by atoms with van der Waals surface area (Å²) < 4.78 is 0. The second kappa shape index (κ2) is 17.8. The van der Waals surface area contributed by atoms with Crippen LogP contribution in [0.25, 0.3) is 0 Å². The third-order valence-electron chi connectivity index (χ3n) is 5.81. The molecule has 0 aliphatic carbocycles. The predicted octanol–water partition coefficient (Wildman–Crippen LogP) is 8.77. The fraction of sp³-hybridized carbons (Fsp3) is 0.731. The summed E-state index contributed by atoms with van der Waals surface area (Å²) in [6, 6.07) is 5.58. The van der Waals surface area contributed by atoms with Crippen molar-refractivity contribution in [2.45, 2.75) is 122 Å². The smallest absolute Gasteiger partial charge is 0.307 e. The molecule has 0 bridgehead atoms. The number of hydrogen-bond donors (Lipinski definition) is 1. The summed E-state index contributed by atoms with van der Waals surface area (Å²) in [6.45, 7) is 2.28. The Balaban J connectivity index is 1.94. The van der Waals surface area contributed by atoms with E-state index in [4.69, 9.17) is 16.7 Å². The van der Waals surface area contributed by atoms with E-state index in [1.807, 2.05) is 12.1 Å². The van der Waals surface area contributed by atoms with E-state index in [0.717, 1.165) is 24.0 Å². The van der Waals surface area contributed by atoms with Gasteiger partial charge in [0.05, 0.1) is 6.42 Å². The van der Waals surface area contributed by atoms with Crippen LogP contribution in [-0.2, 0) is 17.6 Å². The minimum Gasteiger partial charge on any atom is -0.481 e. The van der Waals surface area contributed by atoms with E-state index in [-0.39, 0.29) is 6.42 Å². The van der Waals surface area contributed by atoms with Crippen LogP contribution < -0.4 is 0 Å². The zero-order chi connectivity index (χ0) is 21.2. The molecule has 0 saturated heterocycles. The molecular weight excluding hydrogens is 380 g/mol. The number of benzene rings is 1. The molecule has 29 heavy (non-hydrogen) atoms. The van der Waals surface area contributed by atoms with Crippen LogP contribution in [0.4, 0.5) is 0 Å². The normalized spacial score (nSPS) is 11.1. The summed E-state index contributed by atoms with van der Waals surface area (Å²) in [7, 11) is 0. The molecule has 0 aliphatic rings. The summed E-state index contributed by atoms with van der Waals surface area (Å²) in [6.07, 6.45) is 22.9. The average Bonchev–Trinajstić information content (AvgIpc) is 2.69.